The van der Waals surface area contributed by atoms with Crippen molar-refractivity contribution in [2.24, 2.45) is 0 Å². The van der Waals surface area contributed by atoms with Crippen LogP contribution in [0.1, 0.15) is 46.9 Å². The van der Waals surface area contributed by atoms with Crippen LogP contribution < -0.4 is 10.6 Å². The summed E-state index contributed by atoms with van der Waals surface area (Å²) in [6.45, 7) is 10.3. The van der Waals surface area contributed by atoms with Gasteiger partial charge in [0.15, 0.2) is 5.16 Å². The predicted octanol–water partition coefficient (Wildman–Crippen LogP) is 3.92. The first-order valence-electron chi connectivity index (χ1n) is 9.56. The maximum absolute atomic E-state index is 12.3. The molecule has 1 heterocycles. The van der Waals surface area contributed by atoms with E-state index in [2.05, 4.69) is 20.8 Å². The standard InChI is InChI=1S/C20H28ClN5O2S/c1-6-26-16(11-12-17(27)22-15-10-8-7-9-14(15)21)24-25-19(26)29-13(2)18(28)23-20(3,4)5/h7-10,13H,6,11-12H2,1-5H3,(H,22,27)(H,23,28)/t13-/m1/s1. The van der Waals surface area contributed by atoms with Crippen LogP contribution in [0.25, 0.3) is 0 Å². The molecule has 29 heavy (non-hydrogen) atoms. The Bertz CT molecular complexity index is 863. The van der Waals surface area contributed by atoms with Crippen molar-refractivity contribution in [1.29, 1.82) is 0 Å². The lowest BCUT2D eigenvalue weighted by atomic mass is 10.1. The molecule has 158 valence electrons. The summed E-state index contributed by atoms with van der Waals surface area (Å²) in [5.41, 5.74) is 0.302. The summed E-state index contributed by atoms with van der Waals surface area (Å²) in [6.07, 6.45) is 0.703. The summed E-state index contributed by atoms with van der Waals surface area (Å²) in [5.74, 6) is 0.525. The fourth-order valence-electron chi connectivity index (χ4n) is 2.59. The van der Waals surface area contributed by atoms with Gasteiger partial charge in [0.1, 0.15) is 5.82 Å². The SMILES string of the molecule is CCn1c(CCC(=O)Nc2ccccc2Cl)nnc1S[C@H](C)C(=O)NC(C)(C)C. The van der Waals surface area contributed by atoms with Crippen molar-refractivity contribution in [1.82, 2.24) is 20.1 Å². The zero-order chi connectivity index (χ0) is 21.6. The summed E-state index contributed by atoms with van der Waals surface area (Å²) in [5, 5.41) is 15.1. The maximum Gasteiger partial charge on any atom is 0.233 e. The minimum absolute atomic E-state index is 0.0474. The van der Waals surface area contributed by atoms with Crippen LogP contribution >= 0.6 is 23.4 Å². The number of carbonyl (C=O) groups is 2. The molecule has 0 saturated heterocycles. The van der Waals surface area contributed by atoms with Crippen LogP contribution in [0.5, 0.6) is 0 Å². The molecule has 9 heteroatoms. The lowest BCUT2D eigenvalue weighted by Gasteiger charge is -2.22. The first-order valence-corrected chi connectivity index (χ1v) is 10.8. The van der Waals surface area contributed by atoms with E-state index in [4.69, 9.17) is 11.6 Å². The zero-order valence-electron chi connectivity index (χ0n) is 17.5. The number of hydrogen-bond acceptors (Lipinski definition) is 5. The van der Waals surface area contributed by atoms with Gasteiger partial charge in [0, 0.05) is 24.9 Å². The molecule has 7 nitrogen and oxygen atoms in total. The van der Waals surface area contributed by atoms with Crippen LogP contribution in [0.2, 0.25) is 5.02 Å². The van der Waals surface area contributed by atoms with Crippen molar-refractivity contribution in [3.05, 3.63) is 35.1 Å². The number of aromatic nitrogens is 3. The molecule has 0 unspecified atom stereocenters. The van der Waals surface area contributed by atoms with E-state index in [9.17, 15) is 9.59 Å². The number of nitrogens with one attached hydrogen (secondary N) is 2. The second kappa shape index (κ2) is 10.1. The maximum atomic E-state index is 12.3. The molecule has 1 aromatic carbocycles. The minimum atomic E-state index is -0.305. The van der Waals surface area contributed by atoms with Crippen LogP contribution in [0.15, 0.2) is 29.4 Å². The van der Waals surface area contributed by atoms with Gasteiger partial charge >= 0.3 is 0 Å². The Hall–Kier alpha value is -2.06. The van der Waals surface area contributed by atoms with E-state index in [1.807, 2.05) is 51.3 Å². The van der Waals surface area contributed by atoms with E-state index >= 15 is 0 Å². The van der Waals surface area contributed by atoms with Crippen LogP contribution in [-0.4, -0.2) is 37.4 Å². The summed E-state index contributed by atoms with van der Waals surface area (Å²) in [4.78, 5) is 24.6. The Kier molecular flexibility index (Phi) is 8.10. The van der Waals surface area contributed by atoms with Crippen LogP contribution in [0.3, 0.4) is 0 Å². The molecule has 2 aromatic rings. The number of rotatable bonds is 8. The molecule has 1 atom stereocenters. The molecule has 0 aliphatic carbocycles. The number of benzene rings is 1. The molecule has 0 aliphatic heterocycles. The number of para-hydroxylation sites is 1. The van der Waals surface area contributed by atoms with Gasteiger partial charge in [0.05, 0.1) is 16.0 Å². The van der Waals surface area contributed by atoms with Crippen molar-refractivity contribution in [3.63, 3.8) is 0 Å². The molecule has 0 fully saturated rings. The average Bonchev–Trinajstić information content (AvgIpc) is 3.02. The Morgan fingerprint density at radius 2 is 1.93 bits per heavy atom. The molecule has 2 rings (SSSR count). The molecule has 1 aromatic heterocycles. The van der Waals surface area contributed by atoms with Crippen LogP contribution in [-0.2, 0) is 22.6 Å². The van der Waals surface area contributed by atoms with Gasteiger partial charge in [-0.05, 0) is 46.8 Å². The summed E-state index contributed by atoms with van der Waals surface area (Å²) in [7, 11) is 0. The third-order valence-electron chi connectivity index (χ3n) is 3.98. The highest BCUT2D eigenvalue weighted by atomic mass is 35.5. The molecular formula is C20H28ClN5O2S. The fraction of sp³-hybridized carbons (Fsp3) is 0.500. The van der Waals surface area contributed by atoms with E-state index in [1.54, 1.807) is 12.1 Å². The van der Waals surface area contributed by atoms with Crippen molar-refractivity contribution in [3.8, 4) is 0 Å². The van der Waals surface area contributed by atoms with Gasteiger partial charge in [-0.3, -0.25) is 9.59 Å². The number of amides is 2. The first kappa shape index (κ1) is 23.2. The first-order chi connectivity index (χ1) is 13.6. The molecular weight excluding hydrogens is 410 g/mol. The number of thioether (sulfide) groups is 1. The quantitative estimate of drug-likeness (QED) is 0.611. The van der Waals surface area contributed by atoms with Crippen molar-refractivity contribution < 1.29 is 9.59 Å². The lowest BCUT2D eigenvalue weighted by Crippen LogP contribution is -2.44. The molecule has 2 amide bonds. The zero-order valence-corrected chi connectivity index (χ0v) is 19.0. The van der Waals surface area contributed by atoms with E-state index in [-0.39, 0.29) is 29.0 Å². The Labute approximate surface area is 181 Å². The monoisotopic (exact) mass is 437 g/mol. The second-order valence-corrected chi connectivity index (χ2v) is 9.39. The molecule has 0 radical (unpaired) electrons. The Morgan fingerprint density at radius 3 is 2.55 bits per heavy atom. The third-order valence-corrected chi connectivity index (χ3v) is 5.39. The smallest absolute Gasteiger partial charge is 0.233 e. The summed E-state index contributed by atoms with van der Waals surface area (Å²) in [6, 6.07) is 7.11. The molecule has 0 aliphatic rings. The third kappa shape index (κ3) is 7.04. The van der Waals surface area contributed by atoms with Crippen molar-refractivity contribution >= 4 is 40.9 Å². The lowest BCUT2D eigenvalue weighted by molar-refractivity contribution is -0.121. The van der Waals surface area contributed by atoms with Crippen LogP contribution in [0.4, 0.5) is 5.69 Å². The van der Waals surface area contributed by atoms with Crippen molar-refractivity contribution in [2.45, 2.75) is 70.0 Å². The fourth-order valence-corrected chi connectivity index (χ4v) is 3.71. The largest absolute Gasteiger partial charge is 0.351 e. The van der Waals surface area contributed by atoms with Crippen LogP contribution in [0, 0.1) is 0 Å². The normalized spacial score (nSPS) is 12.5. The van der Waals surface area contributed by atoms with E-state index in [1.165, 1.54) is 11.8 Å². The summed E-state index contributed by atoms with van der Waals surface area (Å²) < 4.78 is 1.94. The number of nitrogens with zero attached hydrogens (tertiary/aromatic N) is 3. The Balaban J connectivity index is 1.97. The number of carbonyl (C=O) groups excluding carboxylic acids is 2. The highest BCUT2D eigenvalue weighted by Gasteiger charge is 2.23. The molecule has 0 spiro atoms. The van der Waals surface area contributed by atoms with E-state index in [0.717, 1.165) is 0 Å². The number of anilines is 1. The number of aryl methyl sites for hydroxylation is 1. The van der Waals surface area contributed by atoms with E-state index < -0.39 is 0 Å². The highest BCUT2D eigenvalue weighted by molar-refractivity contribution is 8.00. The van der Waals surface area contributed by atoms with Gasteiger partial charge in [-0.1, -0.05) is 35.5 Å². The average molecular weight is 438 g/mol. The van der Waals surface area contributed by atoms with Gasteiger partial charge in [0.25, 0.3) is 0 Å². The molecule has 0 saturated carbocycles. The van der Waals surface area contributed by atoms with Gasteiger partial charge in [-0.15, -0.1) is 10.2 Å². The van der Waals surface area contributed by atoms with E-state index in [0.29, 0.717) is 34.7 Å². The molecule has 0 bridgehead atoms. The van der Waals surface area contributed by atoms with Crippen molar-refractivity contribution in [2.75, 3.05) is 5.32 Å². The molecule has 2 N–H and O–H groups in total. The van der Waals surface area contributed by atoms with Gasteiger partial charge in [-0.2, -0.15) is 0 Å². The second-order valence-electron chi connectivity index (χ2n) is 7.67. The minimum Gasteiger partial charge on any atom is -0.351 e. The van der Waals surface area contributed by atoms with Gasteiger partial charge in [-0.25, -0.2) is 0 Å². The van der Waals surface area contributed by atoms with Gasteiger partial charge in [0.2, 0.25) is 11.8 Å². The van der Waals surface area contributed by atoms with Gasteiger partial charge < -0.3 is 15.2 Å². The number of hydrogen-bond donors (Lipinski definition) is 2. The highest BCUT2D eigenvalue weighted by Crippen LogP contribution is 2.24. The predicted molar refractivity (Wildman–Crippen MR) is 117 cm³/mol. The topological polar surface area (TPSA) is 88.9 Å². The number of halogens is 1. The summed E-state index contributed by atoms with van der Waals surface area (Å²) >= 11 is 7.44. The Morgan fingerprint density at radius 1 is 1.24 bits per heavy atom.